The van der Waals surface area contributed by atoms with Gasteiger partial charge in [-0.2, -0.15) is 0 Å². The molecule has 0 spiro atoms. The second-order valence-corrected chi connectivity index (χ2v) is 7.25. The summed E-state index contributed by atoms with van der Waals surface area (Å²) in [7, 11) is 0. The van der Waals surface area contributed by atoms with Gasteiger partial charge in [-0.05, 0) is 47.2 Å². The van der Waals surface area contributed by atoms with Gasteiger partial charge in [-0.15, -0.1) is 0 Å². The molecule has 2 aromatic rings. The molecule has 0 unspecified atom stereocenters. The number of halogens is 2. The molecule has 0 atom stereocenters. The first kappa shape index (κ1) is 20.8. The fraction of sp³-hybridized carbons (Fsp3) is 0.400. The van der Waals surface area contributed by atoms with E-state index in [1.807, 2.05) is 6.07 Å². The summed E-state index contributed by atoms with van der Waals surface area (Å²) in [5.41, 5.74) is 4.73. The first-order valence-electron chi connectivity index (χ1n) is 8.41. The van der Waals surface area contributed by atoms with Crippen molar-refractivity contribution in [2.24, 2.45) is 5.92 Å². The van der Waals surface area contributed by atoms with Crippen molar-refractivity contribution in [2.45, 2.75) is 32.1 Å². The second kappa shape index (κ2) is 9.40. The van der Waals surface area contributed by atoms with Gasteiger partial charge in [0, 0.05) is 24.1 Å². The van der Waals surface area contributed by atoms with Crippen molar-refractivity contribution in [3.8, 4) is 5.75 Å². The summed E-state index contributed by atoms with van der Waals surface area (Å²) in [6.07, 6.45) is 1.05. The van der Waals surface area contributed by atoms with Crippen molar-refractivity contribution in [2.75, 3.05) is 18.1 Å². The molecule has 3 rings (SSSR count). The molecule has 1 heterocycles. The van der Waals surface area contributed by atoms with E-state index in [9.17, 15) is 4.39 Å². The van der Waals surface area contributed by atoms with Gasteiger partial charge >= 0.3 is 29.6 Å². The molecule has 1 aliphatic rings. The average Bonchev–Trinajstić information content (AvgIpc) is 2.97. The van der Waals surface area contributed by atoms with Crippen LogP contribution in [0.1, 0.15) is 30.5 Å². The summed E-state index contributed by atoms with van der Waals surface area (Å²) in [5.74, 6) is 0.448. The zero-order chi connectivity index (χ0) is 17.1. The minimum absolute atomic E-state index is 0. The Morgan fingerprint density at radius 2 is 1.96 bits per heavy atom. The summed E-state index contributed by atoms with van der Waals surface area (Å²) in [5, 5.41) is 0.691. The zero-order valence-electron chi connectivity index (χ0n) is 14.2. The van der Waals surface area contributed by atoms with Crippen molar-refractivity contribution in [1.29, 1.82) is 0 Å². The number of fused-ring (bicyclic) bond motifs is 1. The van der Waals surface area contributed by atoms with Crippen molar-refractivity contribution >= 4 is 51.2 Å². The molecular formula is C20H24BrFNNaO. The Hall–Kier alpha value is -0.550. The van der Waals surface area contributed by atoms with Crippen molar-refractivity contribution in [1.82, 2.24) is 0 Å². The third-order valence-electron chi connectivity index (χ3n) is 4.31. The Kier molecular flexibility index (Phi) is 7.81. The Morgan fingerprint density at radius 1 is 1.20 bits per heavy atom. The molecule has 1 aliphatic heterocycles. The Labute approximate surface area is 180 Å². The van der Waals surface area contributed by atoms with Gasteiger partial charge in [0.25, 0.3) is 0 Å². The molecule has 0 aliphatic carbocycles. The van der Waals surface area contributed by atoms with Gasteiger partial charge in [-0.3, -0.25) is 0 Å². The number of hydrogen-bond donors (Lipinski definition) is 0. The number of benzene rings is 2. The number of hydrogen-bond acceptors (Lipinski definition) is 2. The molecule has 0 fully saturated rings. The number of rotatable bonds is 6. The van der Waals surface area contributed by atoms with E-state index < -0.39 is 0 Å². The van der Waals surface area contributed by atoms with Crippen LogP contribution in [0.15, 0.2) is 36.4 Å². The monoisotopic (exact) mass is 415 g/mol. The van der Waals surface area contributed by atoms with Crippen LogP contribution < -0.4 is 9.64 Å². The Bertz CT molecular complexity index is 723. The van der Waals surface area contributed by atoms with Crippen molar-refractivity contribution in [3.05, 3.63) is 58.9 Å². The fourth-order valence-corrected chi connectivity index (χ4v) is 3.57. The van der Waals surface area contributed by atoms with Crippen LogP contribution in [0, 0.1) is 11.7 Å². The van der Waals surface area contributed by atoms with Gasteiger partial charge in [0.2, 0.25) is 0 Å². The molecule has 0 N–H and O–H groups in total. The van der Waals surface area contributed by atoms with E-state index >= 15 is 0 Å². The van der Waals surface area contributed by atoms with Gasteiger partial charge in [0.15, 0.2) is 11.6 Å². The van der Waals surface area contributed by atoms with Gasteiger partial charge < -0.3 is 9.64 Å². The van der Waals surface area contributed by atoms with Gasteiger partial charge in [-0.25, -0.2) is 4.39 Å². The third kappa shape index (κ3) is 5.00. The summed E-state index contributed by atoms with van der Waals surface area (Å²) < 4.78 is 20.0. The van der Waals surface area contributed by atoms with Crippen LogP contribution in [0.3, 0.4) is 0 Å². The number of anilines is 1. The standard InChI is InChI=1S/C20H23BrFNO.Na.H/c1-14(2)13-24-20-10-16(11-21)17(9-18(20)22)12-23-8-7-15-5-3-4-6-19(15)23;;/h3-6,9-10,14H,7-8,11-13H2,1-2H3;;. The van der Waals surface area contributed by atoms with Crippen LogP contribution in [0.5, 0.6) is 5.75 Å². The van der Waals surface area contributed by atoms with Crippen LogP contribution in [0.4, 0.5) is 10.1 Å². The first-order chi connectivity index (χ1) is 11.6. The van der Waals surface area contributed by atoms with Gasteiger partial charge in [0.05, 0.1) is 6.61 Å². The maximum atomic E-state index is 14.4. The summed E-state index contributed by atoms with van der Waals surface area (Å²) in [6, 6.07) is 11.9. The normalized spacial score (nSPS) is 12.9. The van der Waals surface area contributed by atoms with Crippen LogP contribution >= 0.6 is 15.9 Å². The number of alkyl halides is 1. The van der Waals surface area contributed by atoms with Crippen LogP contribution in [-0.2, 0) is 18.3 Å². The molecule has 2 nitrogen and oxygen atoms in total. The molecule has 0 aromatic heterocycles. The molecule has 0 saturated carbocycles. The predicted molar refractivity (Wildman–Crippen MR) is 108 cm³/mol. The zero-order valence-corrected chi connectivity index (χ0v) is 15.8. The average molecular weight is 416 g/mol. The molecule has 0 saturated heterocycles. The van der Waals surface area contributed by atoms with Crippen LogP contribution in [0.2, 0.25) is 0 Å². The molecule has 2 aromatic carbocycles. The topological polar surface area (TPSA) is 12.5 Å². The summed E-state index contributed by atoms with van der Waals surface area (Å²) in [6.45, 7) is 6.34. The maximum absolute atomic E-state index is 14.4. The first-order valence-corrected chi connectivity index (χ1v) is 9.53. The van der Waals surface area contributed by atoms with Crippen molar-refractivity contribution < 1.29 is 9.13 Å². The summed E-state index contributed by atoms with van der Waals surface area (Å²) in [4.78, 5) is 2.32. The summed E-state index contributed by atoms with van der Waals surface area (Å²) >= 11 is 3.53. The molecule has 0 amide bonds. The molecule has 25 heavy (non-hydrogen) atoms. The quantitative estimate of drug-likeness (QED) is 0.501. The molecule has 5 heteroatoms. The number of nitrogens with zero attached hydrogens (tertiary/aromatic N) is 1. The van der Waals surface area contributed by atoms with E-state index in [2.05, 4.69) is 58.9 Å². The fourth-order valence-electron chi connectivity index (χ4n) is 3.05. The van der Waals surface area contributed by atoms with E-state index in [1.54, 1.807) is 6.07 Å². The van der Waals surface area contributed by atoms with Crippen molar-refractivity contribution in [3.63, 3.8) is 0 Å². The molecule has 130 valence electrons. The number of ether oxygens (including phenoxy) is 1. The minimum atomic E-state index is -0.275. The Balaban J connectivity index is 0.00000225. The predicted octanol–water partition coefficient (Wildman–Crippen LogP) is 4.67. The molecule has 0 radical (unpaired) electrons. The third-order valence-corrected chi connectivity index (χ3v) is 4.92. The van der Waals surface area contributed by atoms with E-state index in [1.165, 1.54) is 11.3 Å². The molecule has 0 bridgehead atoms. The van der Waals surface area contributed by atoms with Crippen LogP contribution in [-0.4, -0.2) is 42.7 Å². The van der Waals surface area contributed by atoms with E-state index in [0.717, 1.165) is 30.6 Å². The van der Waals surface area contributed by atoms with Crippen LogP contribution in [0.25, 0.3) is 0 Å². The molecular weight excluding hydrogens is 392 g/mol. The number of para-hydroxylation sites is 1. The second-order valence-electron chi connectivity index (χ2n) is 6.69. The van der Waals surface area contributed by atoms with Gasteiger partial charge in [-0.1, -0.05) is 48.0 Å². The van der Waals surface area contributed by atoms with E-state index in [-0.39, 0.29) is 35.4 Å². The van der Waals surface area contributed by atoms with E-state index in [4.69, 9.17) is 4.74 Å². The SMILES string of the molecule is CC(C)COc1cc(CBr)c(CN2CCc3ccccc32)cc1F.[NaH]. The Morgan fingerprint density at radius 3 is 2.68 bits per heavy atom. The van der Waals surface area contributed by atoms with Gasteiger partial charge in [0.1, 0.15) is 0 Å². The van der Waals surface area contributed by atoms with E-state index in [0.29, 0.717) is 23.6 Å².